The van der Waals surface area contributed by atoms with E-state index in [1.54, 1.807) is 0 Å². The molecule has 0 saturated carbocycles. The van der Waals surface area contributed by atoms with E-state index in [1.807, 2.05) is 49.4 Å². The molecule has 26 heavy (non-hydrogen) atoms. The fourth-order valence-corrected chi connectivity index (χ4v) is 3.78. The third-order valence-corrected chi connectivity index (χ3v) is 5.13. The van der Waals surface area contributed by atoms with Crippen LogP contribution in [0.25, 0.3) is 10.9 Å². The van der Waals surface area contributed by atoms with Gasteiger partial charge in [0.15, 0.2) is 0 Å². The van der Waals surface area contributed by atoms with Crippen LogP contribution in [0.3, 0.4) is 0 Å². The van der Waals surface area contributed by atoms with Crippen molar-refractivity contribution in [3.63, 3.8) is 0 Å². The van der Waals surface area contributed by atoms with Crippen LogP contribution in [0, 0.1) is 5.92 Å². The highest BCUT2D eigenvalue weighted by Crippen LogP contribution is 2.32. The number of nitrogens with one attached hydrogen (secondary N) is 2. The molecular weight excluding hydrogens is 324 g/mol. The number of ether oxygens (including phenoxy) is 1. The van der Waals surface area contributed by atoms with Gasteiger partial charge in [0.1, 0.15) is 5.75 Å². The zero-order chi connectivity index (χ0) is 18.1. The molecule has 134 valence electrons. The monoisotopic (exact) mass is 348 g/mol. The van der Waals surface area contributed by atoms with E-state index < -0.39 is 0 Å². The molecule has 1 aliphatic rings. The standard InChI is InChI=1S/C22H24N2O2/c1-3-26-21-7-5-4-6-20(21)24-22(25)15-9-11-19-17(13-15)16-12-14(2)8-10-18(16)23-19/h4-7,9,11,13-14,23H,3,8,10,12H2,1-2H3,(H,24,25)/t14-/m0/s1. The maximum atomic E-state index is 12.8. The molecule has 0 saturated heterocycles. The number of amides is 1. The Balaban J connectivity index is 1.64. The van der Waals surface area contributed by atoms with E-state index in [0.29, 0.717) is 29.5 Å². The van der Waals surface area contributed by atoms with Gasteiger partial charge in [0.25, 0.3) is 5.91 Å². The van der Waals surface area contributed by atoms with Gasteiger partial charge in [0.2, 0.25) is 0 Å². The van der Waals surface area contributed by atoms with Crippen LogP contribution >= 0.6 is 0 Å². The van der Waals surface area contributed by atoms with Crippen LogP contribution in [0.4, 0.5) is 5.69 Å². The van der Waals surface area contributed by atoms with Gasteiger partial charge in [-0.15, -0.1) is 0 Å². The number of H-pyrrole nitrogens is 1. The van der Waals surface area contributed by atoms with Crippen molar-refractivity contribution in [1.82, 2.24) is 4.98 Å². The number of aromatic amines is 1. The number of hydrogen-bond donors (Lipinski definition) is 2. The van der Waals surface area contributed by atoms with Crippen molar-refractivity contribution >= 4 is 22.5 Å². The minimum atomic E-state index is -0.113. The highest BCUT2D eigenvalue weighted by Gasteiger charge is 2.20. The van der Waals surface area contributed by atoms with Gasteiger partial charge in [-0.3, -0.25) is 4.79 Å². The number of aromatic nitrogens is 1. The molecule has 1 aromatic heterocycles. The van der Waals surface area contributed by atoms with E-state index in [1.165, 1.54) is 23.1 Å². The summed E-state index contributed by atoms with van der Waals surface area (Å²) >= 11 is 0. The summed E-state index contributed by atoms with van der Waals surface area (Å²) in [5.74, 6) is 1.27. The first-order chi connectivity index (χ1) is 12.7. The van der Waals surface area contributed by atoms with E-state index in [2.05, 4.69) is 17.2 Å². The van der Waals surface area contributed by atoms with Crippen LogP contribution in [0.15, 0.2) is 42.5 Å². The highest BCUT2D eigenvalue weighted by molar-refractivity contribution is 6.07. The Morgan fingerprint density at radius 1 is 1.27 bits per heavy atom. The summed E-state index contributed by atoms with van der Waals surface area (Å²) in [5.41, 5.74) is 5.20. The average molecular weight is 348 g/mol. The summed E-state index contributed by atoms with van der Waals surface area (Å²) in [6, 6.07) is 13.4. The number of rotatable bonds is 4. The smallest absolute Gasteiger partial charge is 0.255 e. The van der Waals surface area contributed by atoms with Gasteiger partial charge in [-0.1, -0.05) is 19.1 Å². The first-order valence-electron chi connectivity index (χ1n) is 9.32. The van der Waals surface area contributed by atoms with Gasteiger partial charge >= 0.3 is 0 Å². The topological polar surface area (TPSA) is 54.1 Å². The molecule has 4 heteroatoms. The molecule has 0 fully saturated rings. The average Bonchev–Trinajstić information content (AvgIpc) is 3.00. The minimum Gasteiger partial charge on any atom is -0.492 e. The second-order valence-corrected chi connectivity index (χ2v) is 7.07. The van der Waals surface area contributed by atoms with Crippen molar-refractivity contribution in [3.8, 4) is 5.75 Å². The largest absolute Gasteiger partial charge is 0.492 e. The molecule has 0 unspecified atom stereocenters. The van der Waals surface area contributed by atoms with Crippen LogP contribution in [0.5, 0.6) is 5.75 Å². The number of benzene rings is 2. The zero-order valence-electron chi connectivity index (χ0n) is 15.3. The minimum absolute atomic E-state index is 0.113. The number of aryl methyl sites for hydroxylation is 1. The highest BCUT2D eigenvalue weighted by atomic mass is 16.5. The first kappa shape index (κ1) is 16.7. The maximum absolute atomic E-state index is 12.8. The normalized spacial score (nSPS) is 16.3. The van der Waals surface area contributed by atoms with Gasteiger partial charge in [-0.25, -0.2) is 0 Å². The van der Waals surface area contributed by atoms with Gasteiger partial charge < -0.3 is 15.0 Å². The van der Waals surface area contributed by atoms with Crippen molar-refractivity contribution in [2.45, 2.75) is 33.1 Å². The molecule has 1 heterocycles. The summed E-state index contributed by atoms with van der Waals surface area (Å²) in [6.07, 6.45) is 3.39. The quantitative estimate of drug-likeness (QED) is 0.701. The lowest BCUT2D eigenvalue weighted by Crippen LogP contribution is -2.13. The number of carbonyl (C=O) groups is 1. The molecule has 0 aliphatic heterocycles. The summed E-state index contributed by atoms with van der Waals surface area (Å²) in [4.78, 5) is 16.3. The van der Waals surface area contributed by atoms with Crippen molar-refractivity contribution < 1.29 is 9.53 Å². The molecule has 0 radical (unpaired) electrons. The van der Waals surface area contributed by atoms with Crippen LogP contribution in [0.2, 0.25) is 0 Å². The Kier molecular flexibility index (Phi) is 4.41. The number of carbonyl (C=O) groups excluding carboxylic acids is 1. The first-order valence-corrected chi connectivity index (χ1v) is 9.32. The lowest BCUT2D eigenvalue weighted by Gasteiger charge is -2.18. The molecule has 4 nitrogen and oxygen atoms in total. The van der Waals surface area contributed by atoms with Crippen molar-refractivity contribution in [2.24, 2.45) is 5.92 Å². The van der Waals surface area contributed by atoms with Crippen LogP contribution in [-0.4, -0.2) is 17.5 Å². The van der Waals surface area contributed by atoms with Crippen LogP contribution in [0.1, 0.15) is 41.9 Å². The van der Waals surface area contributed by atoms with E-state index in [9.17, 15) is 4.79 Å². The van der Waals surface area contributed by atoms with Crippen molar-refractivity contribution in [3.05, 3.63) is 59.3 Å². The predicted octanol–water partition coefficient (Wildman–Crippen LogP) is 4.94. The Hall–Kier alpha value is -2.75. The summed E-state index contributed by atoms with van der Waals surface area (Å²) in [7, 11) is 0. The summed E-state index contributed by atoms with van der Waals surface area (Å²) in [6.45, 7) is 4.79. The van der Waals surface area contributed by atoms with Gasteiger partial charge in [-0.05, 0) is 68.0 Å². The Morgan fingerprint density at radius 2 is 2.12 bits per heavy atom. The summed E-state index contributed by atoms with van der Waals surface area (Å²) < 4.78 is 5.60. The zero-order valence-corrected chi connectivity index (χ0v) is 15.3. The van der Waals surface area contributed by atoms with Crippen LogP contribution in [-0.2, 0) is 12.8 Å². The van der Waals surface area contributed by atoms with Gasteiger partial charge in [0, 0.05) is 22.2 Å². The number of para-hydroxylation sites is 2. The Labute approximate surface area is 153 Å². The SMILES string of the molecule is CCOc1ccccc1NC(=O)c1ccc2[nH]c3c(c2c1)C[C@@H](C)CC3. The maximum Gasteiger partial charge on any atom is 0.255 e. The third kappa shape index (κ3) is 3.07. The van der Waals surface area contributed by atoms with E-state index >= 15 is 0 Å². The number of anilines is 1. The fourth-order valence-electron chi connectivity index (χ4n) is 3.78. The van der Waals surface area contributed by atoms with E-state index in [-0.39, 0.29) is 5.91 Å². The van der Waals surface area contributed by atoms with Crippen molar-refractivity contribution in [2.75, 3.05) is 11.9 Å². The second kappa shape index (κ2) is 6.87. The van der Waals surface area contributed by atoms with Gasteiger partial charge in [0.05, 0.1) is 12.3 Å². The third-order valence-electron chi connectivity index (χ3n) is 5.13. The number of hydrogen-bond acceptors (Lipinski definition) is 2. The van der Waals surface area contributed by atoms with E-state index in [4.69, 9.17) is 4.74 Å². The molecule has 0 spiro atoms. The van der Waals surface area contributed by atoms with Gasteiger partial charge in [-0.2, -0.15) is 0 Å². The predicted molar refractivity (Wildman–Crippen MR) is 105 cm³/mol. The summed E-state index contributed by atoms with van der Waals surface area (Å²) in [5, 5.41) is 4.16. The molecule has 1 aliphatic carbocycles. The molecule has 1 atom stereocenters. The van der Waals surface area contributed by atoms with Crippen LogP contribution < -0.4 is 10.1 Å². The van der Waals surface area contributed by atoms with Crippen molar-refractivity contribution in [1.29, 1.82) is 0 Å². The number of fused-ring (bicyclic) bond motifs is 3. The molecule has 2 aromatic carbocycles. The lowest BCUT2D eigenvalue weighted by atomic mass is 9.87. The fraction of sp³-hybridized carbons (Fsp3) is 0.318. The molecular formula is C22H24N2O2. The van der Waals surface area contributed by atoms with E-state index in [0.717, 1.165) is 18.4 Å². The second-order valence-electron chi connectivity index (χ2n) is 7.07. The Morgan fingerprint density at radius 3 is 2.96 bits per heavy atom. The molecule has 0 bridgehead atoms. The lowest BCUT2D eigenvalue weighted by molar-refractivity contribution is 0.102. The molecule has 3 aromatic rings. The molecule has 1 amide bonds. The Bertz CT molecular complexity index is 958. The molecule has 4 rings (SSSR count). The molecule has 2 N–H and O–H groups in total.